The van der Waals surface area contributed by atoms with Crippen molar-refractivity contribution in [2.24, 2.45) is 5.73 Å². The Kier molecular flexibility index (Phi) is 2.24. The maximum absolute atomic E-state index is 5.82. The molecule has 2 nitrogen and oxygen atoms in total. The molecule has 0 saturated heterocycles. The summed E-state index contributed by atoms with van der Waals surface area (Å²) in [6.07, 6.45) is 5.07. The van der Waals surface area contributed by atoms with Gasteiger partial charge in [-0.15, -0.1) is 0 Å². The van der Waals surface area contributed by atoms with Crippen molar-refractivity contribution in [3.05, 3.63) is 22.6 Å². The number of rotatable bonds is 1. The van der Waals surface area contributed by atoms with E-state index in [1.807, 2.05) is 6.07 Å². The molecule has 0 aliphatic heterocycles. The molecule has 1 aliphatic carbocycles. The zero-order valence-electron chi connectivity index (χ0n) is 6.79. The minimum absolute atomic E-state index is 0.368. The third-order valence-electron chi connectivity index (χ3n) is 2.49. The van der Waals surface area contributed by atoms with Crippen LogP contribution < -0.4 is 5.73 Å². The largest absolute Gasteiger partial charge is 0.468 e. The Morgan fingerprint density at radius 1 is 1.50 bits per heavy atom. The van der Waals surface area contributed by atoms with Gasteiger partial charge >= 0.3 is 0 Å². The second kappa shape index (κ2) is 3.23. The van der Waals surface area contributed by atoms with E-state index in [1.165, 1.54) is 0 Å². The number of nitrogens with two attached hydrogens (primary N) is 1. The minimum atomic E-state index is 0.368. The molecule has 2 atom stereocenters. The first-order valence-corrected chi connectivity index (χ1v) is 5.05. The van der Waals surface area contributed by atoms with Crippen LogP contribution in [0.5, 0.6) is 0 Å². The summed E-state index contributed by atoms with van der Waals surface area (Å²) in [6.45, 7) is 0. The zero-order chi connectivity index (χ0) is 8.55. The van der Waals surface area contributed by atoms with Crippen LogP contribution in [0.3, 0.4) is 0 Å². The second-order valence-electron chi connectivity index (χ2n) is 3.40. The Morgan fingerprint density at radius 3 is 2.83 bits per heavy atom. The number of halogens is 1. The Labute approximate surface area is 80.3 Å². The van der Waals surface area contributed by atoms with Crippen LogP contribution in [-0.4, -0.2) is 6.04 Å². The summed E-state index contributed by atoms with van der Waals surface area (Å²) in [5.74, 6) is 1.60. The third kappa shape index (κ3) is 1.43. The molecule has 66 valence electrons. The summed E-state index contributed by atoms with van der Waals surface area (Å²) in [5.41, 5.74) is 5.82. The topological polar surface area (TPSA) is 39.2 Å². The van der Waals surface area contributed by atoms with Gasteiger partial charge in [-0.2, -0.15) is 0 Å². The van der Waals surface area contributed by atoms with E-state index in [2.05, 4.69) is 15.9 Å². The SMILES string of the molecule is NC1CCC(c2occc2Br)C1. The lowest BCUT2D eigenvalue weighted by Crippen LogP contribution is -2.14. The second-order valence-corrected chi connectivity index (χ2v) is 4.26. The highest BCUT2D eigenvalue weighted by molar-refractivity contribution is 9.10. The van der Waals surface area contributed by atoms with Crippen LogP contribution in [0.4, 0.5) is 0 Å². The summed E-state index contributed by atoms with van der Waals surface area (Å²) in [6, 6.07) is 2.31. The Bertz CT molecular complexity index is 271. The van der Waals surface area contributed by atoms with Gasteiger partial charge < -0.3 is 10.2 Å². The molecule has 0 bridgehead atoms. The van der Waals surface area contributed by atoms with Crippen LogP contribution in [0.1, 0.15) is 30.9 Å². The molecule has 0 radical (unpaired) electrons. The Hall–Kier alpha value is -0.280. The molecule has 12 heavy (non-hydrogen) atoms. The van der Waals surface area contributed by atoms with E-state index in [-0.39, 0.29) is 0 Å². The van der Waals surface area contributed by atoms with Gasteiger partial charge in [0.05, 0.1) is 10.7 Å². The highest BCUT2D eigenvalue weighted by Gasteiger charge is 2.26. The monoisotopic (exact) mass is 229 g/mol. The van der Waals surface area contributed by atoms with Gasteiger partial charge in [-0.25, -0.2) is 0 Å². The normalized spacial score (nSPS) is 29.5. The van der Waals surface area contributed by atoms with Crippen LogP contribution in [0.2, 0.25) is 0 Å². The molecule has 1 aromatic rings. The predicted molar refractivity (Wildman–Crippen MR) is 51.0 cm³/mol. The van der Waals surface area contributed by atoms with Gasteiger partial charge in [0, 0.05) is 12.0 Å². The molecule has 0 amide bonds. The van der Waals surface area contributed by atoms with E-state index in [9.17, 15) is 0 Å². The summed E-state index contributed by atoms with van der Waals surface area (Å²) in [7, 11) is 0. The van der Waals surface area contributed by atoms with Crippen molar-refractivity contribution in [3.8, 4) is 0 Å². The van der Waals surface area contributed by atoms with Crippen LogP contribution in [0.15, 0.2) is 21.2 Å². The first-order valence-electron chi connectivity index (χ1n) is 4.26. The lowest BCUT2D eigenvalue weighted by atomic mass is 10.1. The standard InChI is InChI=1S/C9H12BrNO/c10-8-3-4-12-9(8)6-1-2-7(11)5-6/h3-4,6-7H,1-2,5,11H2. The maximum atomic E-state index is 5.82. The van der Waals surface area contributed by atoms with Crippen molar-refractivity contribution in [2.75, 3.05) is 0 Å². The van der Waals surface area contributed by atoms with Crippen molar-refractivity contribution >= 4 is 15.9 Å². The Balaban J connectivity index is 2.16. The van der Waals surface area contributed by atoms with E-state index in [0.29, 0.717) is 12.0 Å². The molecule has 2 unspecified atom stereocenters. The molecule has 1 heterocycles. The van der Waals surface area contributed by atoms with Crippen LogP contribution in [0, 0.1) is 0 Å². The van der Waals surface area contributed by atoms with E-state index in [4.69, 9.17) is 10.2 Å². The maximum Gasteiger partial charge on any atom is 0.121 e. The van der Waals surface area contributed by atoms with Gasteiger partial charge in [-0.05, 0) is 41.3 Å². The fraction of sp³-hybridized carbons (Fsp3) is 0.556. The van der Waals surface area contributed by atoms with Crippen molar-refractivity contribution in [3.63, 3.8) is 0 Å². The van der Waals surface area contributed by atoms with Crippen LogP contribution in [-0.2, 0) is 0 Å². The van der Waals surface area contributed by atoms with Gasteiger partial charge in [-0.1, -0.05) is 0 Å². The summed E-state index contributed by atoms with van der Waals surface area (Å²) < 4.78 is 6.48. The van der Waals surface area contributed by atoms with Gasteiger partial charge in [0.2, 0.25) is 0 Å². The molecular formula is C9H12BrNO. The summed E-state index contributed by atoms with van der Waals surface area (Å²) in [4.78, 5) is 0. The molecule has 3 heteroatoms. The zero-order valence-corrected chi connectivity index (χ0v) is 8.38. The van der Waals surface area contributed by atoms with Crippen molar-refractivity contribution in [2.45, 2.75) is 31.2 Å². The summed E-state index contributed by atoms with van der Waals surface area (Å²) >= 11 is 3.46. The summed E-state index contributed by atoms with van der Waals surface area (Å²) in [5, 5.41) is 0. The molecule has 1 aliphatic rings. The lowest BCUT2D eigenvalue weighted by Gasteiger charge is -2.05. The lowest BCUT2D eigenvalue weighted by molar-refractivity contribution is 0.459. The first-order chi connectivity index (χ1) is 5.77. The van der Waals surface area contributed by atoms with E-state index < -0.39 is 0 Å². The minimum Gasteiger partial charge on any atom is -0.468 e. The molecule has 0 spiro atoms. The van der Waals surface area contributed by atoms with Gasteiger partial charge in [0.15, 0.2) is 0 Å². The fourth-order valence-corrected chi connectivity index (χ4v) is 2.38. The molecule has 2 rings (SSSR count). The fourth-order valence-electron chi connectivity index (χ4n) is 1.85. The number of furan rings is 1. The molecule has 2 N–H and O–H groups in total. The van der Waals surface area contributed by atoms with Crippen LogP contribution >= 0.6 is 15.9 Å². The molecule has 1 fully saturated rings. The van der Waals surface area contributed by atoms with Gasteiger partial charge in [-0.3, -0.25) is 0 Å². The van der Waals surface area contributed by atoms with E-state index >= 15 is 0 Å². The van der Waals surface area contributed by atoms with E-state index in [0.717, 1.165) is 29.5 Å². The van der Waals surface area contributed by atoms with Gasteiger partial charge in [0.1, 0.15) is 5.76 Å². The highest BCUT2D eigenvalue weighted by Crippen LogP contribution is 2.37. The average molecular weight is 230 g/mol. The van der Waals surface area contributed by atoms with Crippen molar-refractivity contribution in [1.82, 2.24) is 0 Å². The highest BCUT2D eigenvalue weighted by atomic mass is 79.9. The van der Waals surface area contributed by atoms with E-state index in [1.54, 1.807) is 6.26 Å². The van der Waals surface area contributed by atoms with Crippen LogP contribution in [0.25, 0.3) is 0 Å². The molecule has 1 saturated carbocycles. The molecule has 1 aromatic heterocycles. The first kappa shape index (κ1) is 8.32. The van der Waals surface area contributed by atoms with Crippen molar-refractivity contribution in [1.29, 1.82) is 0 Å². The number of hydrogen-bond acceptors (Lipinski definition) is 2. The Morgan fingerprint density at radius 2 is 2.33 bits per heavy atom. The smallest absolute Gasteiger partial charge is 0.121 e. The average Bonchev–Trinajstić information content (AvgIpc) is 2.58. The predicted octanol–water partition coefficient (Wildman–Crippen LogP) is 2.64. The van der Waals surface area contributed by atoms with Gasteiger partial charge in [0.25, 0.3) is 0 Å². The molecule has 0 aromatic carbocycles. The third-order valence-corrected chi connectivity index (χ3v) is 3.14. The number of hydrogen-bond donors (Lipinski definition) is 1. The molecular weight excluding hydrogens is 218 g/mol. The van der Waals surface area contributed by atoms with Crippen molar-refractivity contribution < 1.29 is 4.42 Å². The quantitative estimate of drug-likeness (QED) is 0.805.